The van der Waals surface area contributed by atoms with Crippen molar-refractivity contribution in [1.29, 1.82) is 0 Å². The number of benzene rings is 1. The van der Waals surface area contributed by atoms with E-state index in [0.717, 1.165) is 18.4 Å². The highest BCUT2D eigenvalue weighted by molar-refractivity contribution is 7.09. The monoisotopic (exact) mass is 600 g/mol. The third-order valence-electron chi connectivity index (χ3n) is 7.57. The number of hydrazine groups is 1. The van der Waals surface area contributed by atoms with Crippen molar-refractivity contribution in [3.05, 3.63) is 52.0 Å². The van der Waals surface area contributed by atoms with Gasteiger partial charge in [0.05, 0.1) is 13.0 Å². The average molecular weight is 601 g/mol. The van der Waals surface area contributed by atoms with E-state index in [1.165, 1.54) is 25.4 Å². The predicted molar refractivity (Wildman–Crippen MR) is 160 cm³/mol. The Hall–Kier alpha value is -3.31. The summed E-state index contributed by atoms with van der Waals surface area (Å²) in [7, 11) is 3.16. The molecule has 11 heteroatoms. The molecule has 1 aromatic heterocycles. The Balaban J connectivity index is 1.69. The van der Waals surface area contributed by atoms with Crippen LogP contribution in [0.15, 0.2) is 35.7 Å². The molecule has 2 N–H and O–H groups in total. The number of nitrogens with zero attached hydrogens (tertiary/aromatic N) is 2. The van der Waals surface area contributed by atoms with Crippen LogP contribution >= 0.6 is 11.3 Å². The van der Waals surface area contributed by atoms with Crippen molar-refractivity contribution in [2.75, 3.05) is 14.2 Å². The Labute approximate surface area is 252 Å². The van der Waals surface area contributed by atoms with Crippen LogP contribution in [0.25, 0.3) is 0 Å². The Morgan fingerprint density at radius 2 is 1.79 bits per heavy atom. The molecule has 2 aromatic rings. The normalized spacial score (nSPS) is 15.8. The summed E-state index contributed by atoms with van der Waals surface area (Å²) in [6, 6.07) is 9.38. The zero-order chi connectivity index (χ0) is 30.8. The first-order chi connectivity index (χ1) is 20.0. The minimum Gasteiger partial charge on any atom is -0.469 e. The lowest BCUT2D eigenvalue weighted by Crippen LogP contribution is -2.46. The zero-order valence-electron chi connectivity index (χ0n) is 25.4. The van der Waals surface area contributed by atoms with E-state index >= 15 is 0 Å². The first-order valence-corrected chi connectivity index (χ1v) is 15.4. The number of amides is 2. The van der Waals surface area contributed by atoms with Crippen molar-refractivity contribution in [1.82, 2.24) is 20.7 Å². The van der Waals surface area contributed by atoms with Crippen LogP contribution in [0.3, 0.4) is 0 Å². The second-order valence-corrected chi connectivity index (χ2v) is 12.4. The molecule has 1 aliphatic rings. The molecular weight excluding hydrogens is 556 g/mol. The lowest BCUT2D eigenvalue weighted by Gasteiger charge is -2.33. The van der Waals surface area contributed by atoms with Gasteiger partial charge in [0.25, 0.3) is 5.91 Å². The highest BCUT2D eigenvalue weighted by atomic mass is 32.1. The summed E-state index contributed by atoms with van der Waals surface area (Å²) >= 11 is 1.24. The smallest absolute Gasteiger partial charge is 0.308 e. The van der Waals surface area contributed by atoms with E-state index in [9.17, 15) is 19.2 Å². The van der Waals surface area contributed by atoms with Crippen molar-refractivity contribution < 1.29 is 28.7 Å². The van der Waals surface area contributed by atoms with Gasteiger partial charge in [0.2, 0.25) is 5.91 Å². The number of methoxy groups -OCH3 is 1. The van der Waals surface area contributed by atoms with Crippen LogP contribution in [-0.4, -0.2) is 59.9 Å². The molecule has 0 spiro atoms. The molecule has 230 valence electrons. The summed E-state index contributed by atoms with van der Waals surface area (Å²) in [6.07, 6.45) is 3.44. The first-order valence-electron chi connectivity index (χ1n) is 14.5. The number of hydrogen-bond acceptors (Lipinski definition) is 9. The predicted octanol–water partition coefficient (Wildman–Crippen LogP) is 4.47. The van der Waals surface area contributed by atoms with E-state index in [4.69, 9.17) is 9.47 Å². The molecule has 1 saturated carbocycles. The highest BCUT2D eigenvalue weighted by Crippen LogP contribution is 2.34. The van der Waals surface area contributed by atoms with Gasteiger partial charge in [-0.2, -0.15) is 0 Å². The van der Waals surface area contributed by atoms with Crippen LogP contribution in [0.1, 0.15) is 87.0 Å². The molecule has 4 atom stereocenters. The third-order valence-corrected chi connectivity index (χ3v) is 8.51. The van der Waals surface area contributed by atoms with E-state index in [1.54, 1.807) is 24.3 Å². The number of ether oxygens (including phenoxy) is 2. The quantitative estimate of drug-likeness (QED) is 0.214. The summed E-state index contributed by atoms with van der Waals surface area (Å²) in [4.78, 5) is 56.3. The van der Waals surface area contributed by atoms with E-state index in [1.807, 2.05) is 44.2 Å². The third kappa shape index (κ3) is 10.2. The number of hydrogen-bond donors (Lipinski definition) is 2. The zero-order valence-corrected chi connectivity index (χ0v) is 26.2. The van der Waals surface area contributed by atoms with E-state index in [0.29, 0.717) is 36.6 Å². The van der Waals surface area contributed by atoms with Gasteiger partial charge in [-0.25, -0.2) is 10.4 Å². The second kappa shape index (κ2) is 15.8. The molecule has 3 rings (SSSR count). The average Bonchev–Trinajstić information content (AvgIpc) is 3.63. The molecule has 10 nitrogen and oxygen atoms in total. The molecule has 4 unspecified atom stereocenters. The number of carbonyl (C=O) groups excluding carboxylic acids is 4. The first kappa shape index (κ1) is 33.2. The molecule has 1 aliphatic carbocycles. The van der Waals surface area contributed by atoms with Crippen molar-refractivity contribution in [2.45, 2.75) is 84.4 Å². The SMILES string of the molecule is COC(=O)C(C)CC(Cc1ccccc1)NNC(=O)c1csc(C(CC(C(C)C)N(C)C(=O)CC2CC2)OC(C)=O)n1. The van der Waals surface area contributed by atoms with Crippen LogP contribution in [-0.2, 0) is 30.3 Å². The largest absolute Gasteiger partial charge is 0.469 e. The van der Waals surface area contributed by atoms with E-state index < -0.39 is 18.0 Å². The summed E-state index contributed by atoms with van der Waals surface area (Å²) < 4.78 is 10.5. The number of rotatable bonds is 16. The molecule has 42 heavy (non-hydrogen) atoms. The van der Waals surface area contributed by atoms with Crippen molar-refractivity contribution in [2.24, 2.45) is 17.8 Å². The lowest BCUT2D eigenvalue weighted by atomic mass is 9.96. The topological polar surface area (TPSA) is 127 Å². The molecule has 1 aromatic carbocycles. The van der Waals surface area contributed by atoms with Gasteiger partial charge in [-0.3, -0.25) is 24.6 Å². The maximum Gasteiger partial charge on any atom is 0.308 e. The summed E-state index contributed by atoms with van der Waals surface area (Å²) in [5, 5.41) is 2.11. The van der Waals surface area contributed by atoms with Crippen molar-refractivity contribution >= 4 is 35.1 Å². The van der Waals surface area contributed by atoms with Crippen LogP contribution in [0.4, 0.5) is 0 Å². The van der Waals surface area contributed by atoms with Gasteiger partial charge in [0, 0.05) is 44.3 Å². The fourth-order valence-electron chi connectivity index (χ4n) is 4.98. The minimum absolute atomic E-state index is 0.0922. The molecule has 0 bridgehead atoms. The summed E-state index contributed by atoms with van der Waals surface area (Å²) in [6.45, 7) is 7.20. The Morgan fingerprint density at radius 3 is 2.38 bits per heavy atom. The minimum atomic E-state index is -0.697. The number of esters is 2. The summed E-state index contributed by atoms with van der Waals surface area (Å²) in [5.74, 6) is -0.901. The van der Waals surface area contributed by atoms with Gasteiger partial charge in [-0.1, -0.05) is 51.1 Å². The molecule has 0 aliphatic heterocycles. The standard InChI is InChI=1S/C31H44N4O6S/c1-19(2)26(35(5)28(37)16-23-12-13-23)17-27(41-21(4)36)30-32-25(18-42-30)29(38)34-33-24(14-20(3)31(39)40-6)15-22-10-8-7-9-11-22/h7-11,18-20,23-24,26-27,33H,12-17H2,1-6H3,(H,34,38). The molecule has 0 saturated heterocycles. The van der Waals surface area contributed by atoms with Crippen LogP contribution < -0.4 is 10.9 Å². The van der Waals surface area contributed by atoms with Gasteiger partial charge >= 0.3 is 11.9 Å². The van der Waals surface area contributed by atoms with Crippen molar-refractivity contribution in [3.8, 4) is 0 Å². The van der Waals surface area contributed by atoms with E-state index in [2.05, 4.69) is 15.8 Å². The van der Waals surface area contributed by atoms with E-state index in [-0.39, 0.29) is 41.5 Å². The molecule has 2 amide bonds. The number of aromatic nitrogens is 1. The van der Waals surface area contributed by atoms with Gasteiger partial charge < -0.3 is 14.4 Å². The fourth-order valence-corrected chi connectivity index (χ4v) is 5.82. The fraction of sp³-hybridized carbons (Fsp3) is 0.581. The molecule has 0 radical (unpaired) electrons. The lowest BCUT2D eigenvalue weighted by molar-refractivity contribution is -0.148. The molecule has 1 heterocycles. The van der Waals surface area contributed by atoms with Crippen LogP contribution in [0, 0.1) is 17.8 Å². The Bertz CT molecular complexity index is 1200. The number of nitrogens with one attached hydrogen (secondary N) is 2. The maximum absolute atomic E-state index is 13.1. The van der Waals surface area contributed by atoms with Gasteiger partial charge in [-0.15, -0.1) is 11.3 Å². The Morgan fingerprint density at radius 1 is 1.10 bits per heavy atom. The van der Waals surface area contributed by atoms with Gasteiger partial charge in [0.1, 0.15) is 10.7 Å². The maximum atomic E-state index is 13.1. The van der Waals surface area contributed by atoms with Crippen molar-refractivity contribution in [3.63, 3.8) is 0 Å². The molecular formula is C31H44N4O6S. The Kier molecular flexibility index (Phi) is 12.5. The van der Waals surface area contributed by atoms with Crippen LogP contribution in [0.5, 0.6) is 0 Å². The van der Waals surface area contributed by atoms with Gasteiger partial charge in [-0.05, 0) is 43.1 Å². The second-order valence-electron chi connectivity index (χ2n) is 11.5. The van der Waals surface area contributed by atoms with Gasteiger partial charge in [0.15, 0.2) is 6.10 Å². The number of carbonyl (C=O) groups is 4. The highest BCUT2D eigenvalue weighted by Gasteiger charge is 2.33. The number of thiazole rings is 1. The summed E-state index contributed by atoms with van der Waals surface area (Å²) in [5.41, 5.74) is 7.04. The van der Waals surface area contributed by atoms with Crippen LogP contribution in [0.2, 0.25) is 0 Å². The molecule has 1 fully saturated rings.